The second kappa shape index (κ2) is 56.2. The molecule has 0 aliphatic rings. The minimum Gasteiger partial charge on any atom is -0.756 e. The number of amides is 1. The largest absolute Gasteiger partial charge is 0.756 e. The minimum absolute atomic E-state index is 0.00323. The molecule has 3 atom stereocenters. The lowest BCUT2D eigenvalue weighted by Crippen LogP contribution is -2.45. The van der Waals surface area contributed by atoms with E-state index in [0.717, 1.165) is 57.8 Å². The van der Waals surface area contributed by atoms with Gasteiger partial charge in [-0.2, -0.15) is 0 Å². The van der Waals surface area contributed by atoms with E-state index < -0.39 is 20.0 Å². The molecule has 8 nitrogen and oxygen atoms in total. The number of quaternary nitrogens is 1. The molecule has 0 aromatic carbocycles. The summed E-state index contributed by atoms with van der Waals surface area (Å²) < 4.78 is 23.4. The van der Waals surface area contributed by atoms with E-state index in [1.54, 1.807) is 6.08 Å². The number of allylic oxidation sites excluding steroid dienone is 7. The Labute approximate surface area is 460 Å². The van der Waals surface area contributed by atoms with Gasteiger partial charge in [0.15, 0.2) is 0 Å². The number of phosphoric acid groups is 1. The molecular formula is C65H125N2O6P. The third-order valence-corrected chi connectivity index (χ3v) is 15.5. The van der Waals surface area contributed by atoms with E-state index in [2.05, 4.69) is 55.6 Å². The molecule has 3 unspecified atom stereocenters. The van der Waals surface area contributed by atoms with Gasteiger partial charge in [-0.3, -0.25) is 9.36 Å². The maximum atomic E-state index is 13.0. The second-order valence-electron chi connectivity index (χ2n) is 23.1. The van der Waals surface area contributed by atoms with Crippen LogP contribution in [0.15, 0.2) is 48.6 Å². The van der Waals surface area contributed by atoms with Crippen molar-refractivity contribution in [1.82, 2.24) is 5.32 Å². The van der Waals surface area contributed by atoms with Crippen LogP contribution < -0.4 is 10.2 Å². The summed E-state index contributed by atoms with van der Waals surface area (Å²) in [5, 5.41) is 13.9. The molecule has 0 saturated heterocycles. The number of carbonyl (C=O) groups is 1. The topological polar surface area (TPSA) is 108 Å². The van der Waals surface area contributed by atoms with Crippen molar-refractivity contribution in [2.75, 3.05) is 40.9 Å². The highest BCUT2D eigenvalue weighted by Crippen LogP contribution is 2.38. The van der Waals surface area contributed by atoms with Crippen LogP contribution in [0, 0.1) is 0 Å². The first-order valence-corrected chi connectivity index (χ1v) is 33.5. The quantitative estimate of drug-likeness (QED) is 0.0272. The molecule has 0 spiro atoms. The highest BCUT2D eigenvalue weighted by molar-refractivity contribution is 7.45. The molecule has 0 aromatic heterocycles. The lowest BCUT2D eigenvalue weighted by molar-refractivity contribution is -0.870. The minimum atomic E-state index is -4.60. The molecule has 74 heavy (non-hydrogen) atoms. The third-order valence-electron chi connectivity index (χ3n) is 14.5. The number of aliphatic hydroxyl groups excluding tert-OH is 1. The molecule has 9 heteroatoms. The maximum absolute atomic E-state index is 13.0. The van der Waals surface area contributed by atoms with Crippen molar-refractivity contribution in [2.45, 2.75) is 321 Å². The molecule has 0 fully saturated rings. The Morgan fingerprint density at radius 2 is 0.784 bits per heavy atom. The van der Waals surface area contributed by atoms with Crippen molar-refractivity contribution in [3.63, 3.8) is 0 Å². The van der Waals surface area contributed by atoms with E-state index in [4.69, 9.17) is 9.05 Å². The highest BCUT2D eigenvalue weighted by Gasteiger charge is 2.23. The molecule has 2 N–H and O–H groups in total. The van der Waals surface area contributed by atoms with E-state index >= 15 is 0 Å². The van der Waals surface area contributed by atoms with Gasteiger partial charge in [0.05, 0.1) is 39.9 Å². The van der Waals surface area contributed by atoms with Gasteiger partial charge in [0.2, 0.25) is 5.91 Å². The second-order valence-corrected chi connectivity index (χ2v) is 24.5. The molecule has 1 amide bonds. The smallest absolute Gasteiger partial charge is 0.268 e. The first-order valence-electron chi connectivity index (χ1n) is 32.0. The number of aliphatic hydroxyl groups is 1. The Morgan fingerprint density at radius 3 is 1.14 bits per heavy atom. The van der Waals surface area contributed by atoms with Crippen molar-refractivity contribution in [2.24, 2.45) is 0 Å². The average Bonchev–Trinajstić information content (AvgIpc) is 3.36. The summed E-state index contributed by atoms with van der Waals surface area (Å²) in [6.45, 7) is 4.67. The van der Waals surface area contributed by atoms with Gasteiger partial charge in [-0.1, -0.05) is 294 Å². The number of unbranched alkanes of at least 4 members (excludes halogenated alkanes) is 40. The third kappa shape index (κ3) is 58.1. The van der Waals surface area contributed by atoms with Crippen LogP contribution in [-0.2, 0) is 18.4 Å². The van der Waals surface area contributed by atoms with Crippen LogP contribution in [0.2, 0.25) is 0 Å². The Kier molecular flexibility index (Phi) is 55.0. The fraction of sp³-hybridized carbons (Fsp3) is 0.862. The summed E-state index contributed by atoms with van der Waals surface area (Å²) in [6.07, 6.45) is 74.9. The Hall–Kier alpha value is -1.54. The van der Waals surface area contributed by atoms with Crippen LogP contribution in [0.4, 0.5) is 0 Å². The number of hydrogen-bond donors (Lipinski definition) is 2. The monoisotopic (exact) mass is 1060 g/mol. The van der Waals surface area contributed by atoms with Crippen molar-refractivity contribution >= 4 is 13.7 Å². The van der Waals surface area contributed by atoms with Crippen LogP contribution in [0.5, 0.6) is 0 Å². The Bertz CT molecular complexity index is 1340. The number of nitrogens with zero attached hydrogens (tertiary/aromatic N) is 1. The van der Waals surface area contributed by atoms with E-state index in [9.17, 15) is 19.4 Å². The van der Waals surface area contributed by atoms with Gasteiger partial charge in [0, 0.05) is 6.42 Å². The predicted octanol–water partition coefficient (Wildman–Crippen LogP) is 19.2. The molecule has 0 aliphatic carbocycles. The number of hydrogen-bond acceptors (Lipinski definition) is 6. The molecular weight excluding hydrogens is 936 g/mol. The number of likely N-dealkylation sites (N-methyl/N-ethyl adjacent to an activating group) is 1. The fourth-order valence-corrected chi connectivity index (χ4v) is 10.2. The number of rotatable bonds is 59. The van der Waals surface area contributed by atoms with E-state index in [0.29, 0.717) is 17.4 Å². The van der Waals surface area contributed by atoms with Gasteiger partial charge in [0.1, 0.15) is 13.2 Å². The molecule has 0 bridgehead atoms. The van der Waals surface area contributed by atoms with Crippen LogP contribution in [0.3, 0.4) is 0 Å². The lowest BCUT2D eigenvalue weighted by atomic mass is 10.0. The highest BCUT2D eigenvalue weighted by atomic mass is 31.2. The van der Waals surface area contributed by atoms with Crippen molar-refractivity contribution in [3.8, 4) is 0 Å². The Morgan fingerprint density at radius 1 is 0.473 bits per heavy atom. The van der Waals surface area contributed by atoms with Crippen molar-refractivity contribution in [3.05, 3.63) is 48.6 Å². The number of phosphoric ester groups is 1. The Balaban J connectivity index is 4.15. The van der Waals surface area contributed by atoms with Crippen LogP contribution in [0.1, 0.15) is 309 Å². The average molecular weight is 1060 g/mol. The van der Waals surface area contributed by atoms with Crippen LogP contribution >= 0.6 is 7.82 Å². The van der Waals surface area contributed by atoms with Gasteiger partial charge in [-0.15, -0.1) is 0 Å². The molecule has 0 heterocycles. The van der Waals surface area contributed by atoms with Gasteiger partial charge in [-0.05, 0) is 57.8 Å². The van der Waals surface area contributed by atoms with Crippen LogP contribution in [0.25, 0.3) is 0 Å². The zero-order valence-corrected chi connectivity index (χ0v) is 50.7. The molecule has 0 radical (unpaired) electrons. The summed E-state index contributed by atoms with van der Waals surface area (Å²) >= 11 is 0. The summed E-state index contributed by atoms with van der Waals surface area (Å²) in [5.74, 6) is -0.202. The number of carbonyl (C=O) groups excluding carboxylic acids is 1. The SMILES string of the molecule is CCCCCCC/C=C\C/C=C\C/C=C\CCCCCCCCCCC(=O)NC(COP(=O)([O-])OCC[N+](C)(C)C)C(O)/C=C/CCCCCCCCCCCCCCCCCCCCCCCCCCCCC. The summed E-state index contributed by atoms with van der Waals surface area (Å²) in [5.41, 5.74) is 0. The summed E-state index contributed by atoms with van der Waals surface area (Å²) in [4.78, 5) is 25.6. The lowest BCUT2D eigenvalue weighted by Gasteiger charge is -2.29. The summed E-state index contributed by atoms with van der Waals surface area (Å²) in [7, 11) is 1.26. The molecule has 0 aromatic rings. The van der Waals surface area contributed by atoms with Gasteiger partial charge in [-0.25, -0.2) is 0 Å². The first kappa shape index (κ1) is 72.5. The number of nitrogens with one attached hydrogen (secondary N) is 1. The maximum Gasteiger partial charge on any atom is 0.268 e. The van der Waals surface area contributed by atoms with Gasteiger partial charge < -0.3 is 28.8 Å². The predicted molar refractivity (Wildman–Crippen MR) is 321 cm³/mol. The standard InChI is InChI=1S/C65H125N2O6P/c1-6-8-10-12-14-16-18-20-22-24-26-28-30-31-32-33-34-35-37-38-40-42-44-46-48-50-52-54-56-58-64(68)63(62-73-74(70,71)72-61-60-67(3,4)5)66-65(69)59-57-55-53-51-49-47-45-43-41-39-36-29-27-25-23-21-19-17-15-13-11-9-7-2/h19,21,25,27,36,39,56,58,63-64,68H,6-18,20,22-24,26,28-35,37-38,40-55,57,59-62H2,1-5H3,(H-,66,69,70,71)/b21-19-,27-25-,39-36-,58-56+. The van der Waals surface area contributed by atoms with E-state index in [1.807, 2.05) is 27.2 Å². The zero-order chi connectivity index (χ0) is 54.2. The van der Waals surface area contributed by atoms with Gasteiger partial charge in [0.25, 0.3) is 7.82 Å². The van der Waals surface area contributed by atoms with Gasteiger partial charge >= 0.3 is 0 Å². The molecule has 0 saturated carbocycles. The molecule has 0 aliphatic heterocycles. The summed E-state index contributed by atoms with van der Waals surface area (Å²) in [6, 6.07) is -0.893. The molecule has 0 rings (SSSR count). The first-order chi connectivity index (χ1) is 36.0. The molecule has 436 valence electrons. The fourth-order valence-electron chi connectivity index (χ4n) is 9.52. The normalized spacial score (nSPS) is 14.1. The van der Waals surface area contributed by atoms with E-state index in [1.165, 1.54) is 231 Å². The van der Waals surface area contributed by atoms with Crippen molar-refractivity contribution in [1.29, 1.82) is 0 Å². The van der Waals surface area contributed by atoms with E-state index in [-0.39, 0.29) is 19.1 Å². The van der Waals surface area contributed by atoms with Crippen LogP contribution in [-0.4, -0.2) is 68.5 Å². The van der Waals surface area contributed by atoms with Crippen molar-refractivity contribution < 1.29 is 32.9 Å². The zero-order valence-electron chi connectivity index (χ0n) is 49.8.